The maximum absolute atomic E-state index is 5.79. The van der Waals surface area contributed by atoms with Gasteiger partial charge in [0.25, 0.3) is 0 Å². The molecule has 1 unspecified atom stereocenters. The average molecular weight is 234 g/mol. The summed E-state index contributed by atoms with van der Waals surface area (Å²) in [4.78, 5) is 0. The Hall–Kier alpha value is -1.15. The highest BCUT2D eigenvalue weighted by molar-refractivity contribution is 7.99. The van der Waals surface area contributed by atoms with Crippen LogP contribution in [0.4, 0.5) is 0 Å². The van der Waals surface area contributed by atoms with E-state index in [2.05, 4.69) is 20.1 Å². The quantitative estimate of drug-likeness (QED) is 0.523. The molecule has 16 heavy (non-hydrogen) atoms. The first-order valence-corrected chi connectivity index (χ1v) is 6.46. The minimum Gasteiger partial charge on any atom is -0.486 e. The molecule has 1 aromatic rings. The molecule has 0 aliphatic rings. The van der Waals surface area contributed by atoms with Gasteiger partial charge < -0.3 is 4.74 Å². The number of rotatable bonds is 7. The van der Waals surface area contributed by atoms with Crippen LogP contribution in [0.1, 0.15) is 5.56 Å². The zero-order valence-electron chi connectivity index (χ0n) is 9.69. The van der Waals surface area contributed by atoms with Gasteiger partial charge in [0.1, 0.15) is 11.9 Å². The van der Waals surface area contributed by atoms with Crippen LogP contribution in [0.25, 0.3) is 0 Å². The second-order valence-corrected chi connectivity index (χ2v) is 4.61. The Morgan fingerprint density at radius 2 is 2.00 bits per heavy atom. The summed E-state index contributed by atoms with van der Waals surface area (Å²) in [6.45, 7) is 9.54. The predicted octanol–water partition coefficient (Wildman–Crippen LogP) is 3.85. The van der Waals surface area contributed by atoms with Gasteiger partial charge >= 0.3 is 0 Å². The Morgan fingerprint density at radius 3 is 2.56 bits per heavy atom. The molecule has 0 aliphatic heterocycles. The van der Waals surface area contributed by atoms with E-state index in [1.165, 1.54) is 5.56 Å². The lowest BCUT2D eigenvalue weighted by Gasteiger charge is -2.14. The third-order valence-corrected chi connectivity index (χ3v) is 3.12. The molecule has 0 saturated heterocycles. The standard InChI is InChI=1S/C14H18OS/c1-4-10-16-11-13(5-2)15-14-8-6-12(3)7-9-14/h4-9,13H,1-2,10-11H2,3H3. The van der Waals surface area contributed by atoms with E-state index in [9.17, 15) is 0 Å². The molecule has 0 N–H and O–H groups in total. The van der Waals surface area contributed by atoms with Crippen molar-refractivity contribution in [3.63, 3.8) is 0 Å². The molecule has 0 aromatic heterocycles. The molecule has 0 aliphatic carbocycles. The molecule has 86 valence electrons. The second kappa shape index (κ2) is 7.18. The van der Waals surface area contributed by atoms with Gasteiger partial charge in [0.15, 0.2) is 0 Å². The van der Waals surface area contributed by atoms with Gasteiger partial charge in [-0.2, -0.15) is 11.8 Å². The highest BCUT2D eigenvalue weighted by Crippen LogP contribution is 2.16. The van der Waals surface area contributed by atoms with E-state index in [0.717, 1.165) is 17.3 Å². The van der Waals surface area contributed by atoms with Gasteiger partial charge in [0.2, 0.25) is 0 Å². The SMILES string of the molecule is C=CCSCC(C=C)Oc1ccc(C)cc1. The Bertz CT molecular complexity index is 329. The number of hydrogen-bond donors (Lipinski definition) is 0. The number of aryl methyl sites for hydroxylation is 1. The summed E-state index contributed by atoms with van der Waals surface area (Å²) in [5.74, 6) is 2.75. The highest BCUT2D eigenvalue weighted by Gasteiger charge is 2.05. The van der Waals surface area contributed by atoms with E-state index < -0.39 is 0 Å². The zero-order chi connectivity index (χ0) is 11.8. The Morgan fingerprint density at radius 1 is 1.31 bits per heavy atom. The molecule has 1 nitrogen and oxygen atoms in total. The van der Waals surface area contributed by atoms with Gasteiger partial charge in [-0.15, -0.1) is 6.58 Å². The van der Waals surface area contributed by atoms with E-state index in [1.807, 2.05) is 36.4 Å². The first-order chi connectivity index (χ1) is 7.76. The van der Waals surface area contributed by atoms with Crippen molar-refractivity contribution in [1.82, 2.24) is 0 Å². The Balaban J connectivity index is 2.46. The van der Waals surface area contributed by atoms with Gasteiger partial charge in [-0.3, -0.25) is 0 Å². The topological polar surface area (TPSA) is 9.23 Å². The molecule has 1 atom stereocenters. The van der Waals surface area contributed by atoms with Crippen molar-refractivity contribution < 1.29 is 4.74 Å². The van der Waals surface area contributed by atoms with Gasteiger partial charge in [-0.25, -0.2) is 0 Å². The van der Waals surface area contributed by atoms with Gasteiger partial charge in [-0.05, 0) is 19.1 Å². The second-order valence-electron chi connectivity index (χ2n) is 3.53. The average Bonchev–Trinajstić information content (AvgIpc) is 2.31. The number of ether oxygens (including phenoxy) is 1. The van der Waals surface area contributed by atoms with Gasteiger partial charge in [-0.1, -0.05) is 36.4 Å². The Kier molecular flexibility index (Phi) is 5.79. The van der Waals surface area contributed by atoms with Crippen LogP contribution in [0.2, 0.25) is 0 Å². The fourth-order valence-electron chi connectivity index (χ4n) is 1.21. The molecule has 0 radical (unpaired) electrons. The third kappa shape index (κ3) is 4.58. The molecule has 2 heteroatoms. The molecule has 1 rings (SSSR count). The van der Waals surface area contributed by atoms with E-state index in [1.54, 1.807) is 11.8 Å². The van der Waals surface area contributed by atoms with Crippen LogP contribution in [0.3, 0.4) is 0 Å². The predicted molar refractivity (Wildman–Crippen MR) is 73.3 cm³/mol. The van der Waals surface area contributed by atoms with Crippen molar-refractivity contribution in [3.05, 3.63) is 55.1 Å². The van der Waals surface area contributed by atoms with E-state index in [4.69, 9.17) is 4.74 Å². The van der Waals surface area contributed by atoms with Crippen LogP contribution >= 0.6 is 11.8 Å². The largest absolute Gasteiger partial charge is 0.486 e. The molecule has 0 heterocycles. The minimum absolute atomic E-state index is 0.0626. The summed E-state index contributed by atoms with van der Waals surface area (Å²) in [7, 11) is 0. The molecular weight excluding hydrogens is 216 g/mol. The van der Waals surface area contributed by atoms with Gasteiger partial charge in [0, 0.05) is 11.5 Å². The summed E-state index contributed by atoms with van der Waals surface area (Å²) < 4.78 is 5.79. The molecule has 0 fully saturated rings. The van der Waals surface area contributed by atoms with E-state index >= 15 is 0 Å². The highest BCUT2D eigenvalue weighted by atomic mass is 32.2. The van der Waals surface area contributed by atoms with Crippen LogP contribution in [0.5, 0.6) is 5.75 Å². The van der Waals surface area contributed by atoms with Crippen molar-refractivity contribution >= 4 is 11.8 Å². The van der Waals surface area contributed by atoms with Crippen molar-refractivity contribution in [3.8, 4) is 5.75 Å². The van der Waals surface area contributed by atoms with Crippen molar-refractivity contribution in [1.29, 1.82) is 0 Å². The van der Waals surface area contributed by atoms with Crippen molar-refractivity contribution in [2.75, 3.05) is 11.5 Å². The molecule has 0 amide bonds. The molecular formula is C14H18OS. The van der Waals surface area contributed by atoms with E-state index in [-0.39, 0.29) is 6.10 Å². The number of thioether (sulfide) groups is 1. The van der Waals surface area contributed by atoms with Crippen molar-refractivity contribution in [2.45, 2.75) is 13.0 Å². The summed E-state index contributed by atoms with van der Waals surface area (Å²) in [5.41, 5.74) is 1.24. The Labute approximate surface area is 102 Å². The fraction of sp³-hybridized carbons (Fsp3) is 0.286. The molecule has 0 spiro atoms. The maximum Gasteiger partial charge on any atom is 0.126 e. The number of hydrogen-bond acceptors (Lipinski definition) is 2. The van der Waals surface area contributed by atoms with Crippen LogP contribution in [0, 0.1) is 6.92 Å². The van der Waals surface area contributed by atoms with Crippen LogP contribution < -0.4 is 4.74 Å². The summed E-state index contributed by atoms with van der Waals surface area (Å²) in [5, 5.41) is 0. The molecule has 0 saturated carbocycles. The molecule has 1 aromatic carbocycles. The summed E-state index contributed by atoms with van der Waals surface area (Å²) in [6.07, 6.45) is 3.81. The van der Waals surface area contributed by atoms with Crippen LogP contribution in [-0.2, 0) is 0 Å². The first-order valence-electron chi connectivity index (χ1n) is 5.30. The minimum atomic E-state index is 0.0626. The van der Waals surface area contributed by atoms with Crippen LogP contribution in [-0.4, -0.2) is 17.6 Å². The zero-order valence-corrected chi connectivity index (χ0v) is 10.5. The smallest absolute Gasteiger partial charge is 0.126 e. The third-order valence-electron chi connectivity index (χ3n) is 2.09. The van der Waals surface area contributed by atoms with E-state index in [0.29, 0.717) is 0 Å². The lowest BCUT2D eigenvalue weighted by molar-refractivity contribution is 0.274. The normalized spacial score (nSPS) is 11.8. The number of benzene rings is 1. The summed E-state index contributed by atoms with van der Waals surface area (Å²) >= 11 is 1.79. The maximum atomic E-state index is 5.79. The van der Waals surface area contributed by atoms with Crippen LogP contribution in [0.15, 0.2) is 49.6 Å². The molecule has 0 bridgehead atoms. The lowest BCUT2D eigenvalue weighted by Crippen LogP contribution is -2.16. The fourth-order valence-corrected chi connectivity index (χ4v) is 1.95. The first kappa shape index (κ1) is 12.9. The lowest BCUT2D eigenvalue weighted by atomic mass is 10.2. The monoisotopic (exact) mass is 234 g/mol. The summed E-state index contributed by atoms with van der Waals surface area (Å²) in [6, 6.07) is 8.08. The van der Waals surface area contributed by atoms with Gasteiger partial charge in [0.05, 0.1) is 0 Å². The van der Waals surface area contributed by atoms with Crippen molar-refractivity contribution in [2.24, 2.45) is 0 Å².